The van der Waals surface area contributed by atoms with E-state index in [-0.39, 0.29) is 22.1 Å². The molecular weight excluding hydrogens is 306 g/mol. The molecule has 0 saturated carbocycles. The molecule has 0 aliphatic heterocycles. The normalized spacial score (nSPS) is 11.0. The van der Waals surface area contributed by atoms with Crippen LogP contribution in [0.15, 0.2) is 41.3 Å². The van der Waals surface area contributed by atoms with Crippen LogP contribution in [0.3, 0.4) is 0 Å². The van der Waals surface area contributed by atoms with Gasteiger partial charge in [0.25, 0.3) is 10.0 Å². The van der Waals surface area contributed by atoms with Gasteiger partial charge in [0, 0.05) is 12.1 Å². The number of nitrogens with one attached hydrogen (secondary N) is 1. The third-order valence-electron chi connectivity index (χ3n) is 3.07. The molecule has 2 aromatic rings. The number of aromatic hydroxyl groups is 1. The zero-order valence-electron chi connectivity index (χ0n) is 12.5. The second-order valence-electron chi connectivity index (χ2n) is 4.63. The molecule has 0 radical (unpaired) electrons. The molecule has 0 aliphatic rings. The van der Waals surface area contributed by atoms with Crippen LogP contribution in [-0.4, -0.2) is 27.7 Å². The van der Waals surface area contributed by atoms with Gasteiger partial charge in [-0.25, -0.2) is 8.42 Å². The van der Waals surface area contributed by atoms with Gasteiger partial charge in [-0.05, 0) is 30.7 Å². The Balaban J connectivity index is 2.48. The highest BCUT2D eigenvalue weighted by Gasteiger charge is 2.22. The summed E-state index contributed by atoms with van der Waals surface area (Å²) < 4.78 is 37.8. The summed E-state index contributed by atoms with van der Waals surface area (Å²) in [6, 6.07) is 8.84. The van der Waals surface area contributed by atoms with Crippen molar-refractivity contribution in [2.75, 3.05) is 18.9 Å². The van der Waals surface area contributed by atoms with Crippen LogP contribution < -0.4 is 14.2 Å². The highest BCUT2D eigenvalue weighted by molar-refractivity contribution is 7.92. The molecule has 0 heterocycles. The van der Waals surface area contributed by atoms with Gasteiger partial charge in [-0.2, -0.15) is 0 Å². The van der Waals surface area contributed by atoms with Gasteiger partial charge in [0.2, 0.25) is 0 Å². The first-order valence-electron chi connectivity index (χ1n) is 6.42. The smallest absolute Gasteiger partial charge is 0.265 e. The first-order chi connectivity index (χ1) is 10.4. The molecule has 2 N–H and O–H groups in total. The summed E-state index contributed by atoms with van der Waals surface area (Å²) in [5, 5.41) is 9.42. The second-order valence-corrected chi connectivity index (χ2v) is 6.28. The Kier molecular flexibility index (Phi) is 4.46. The summed E-state index contributed by atoms with van der Waals surface area (Å²) in [5.41, 5.74) is 1.01. The van der Waals surface area contributed by atoms with Crippen molar-refractivity contribution in [2.45, 2.75) is 11.8 Å². The molecule has 118 valence electrons. The average molecular weight is 323 g/mol. The van der Waals surface area contributed by atoms with E-state index >= 15 is 0 Å². The van der Waals surface area contributed by atoms with E-state index in [1.165, 1.54) is 38.5 Å². The average Bonchev–Trinajstić information content (AvgIpc) is 2.46. The number of phenols is 1. The molecule has 0 saturated heterocycles. The number of hydrogen-bond acceptors (Lipinski definition) is 5. The summed E-state index contributed by atoms with van der Waals surface area (Å²) in [4.78, 5) is -0.0409. The minimum Gasteiger partial charge on any atom is -0.508 e. The Bertz CT molecular complexity index is 787. The number of hydrogen-bond donors (Lipinski definition) is 2. The topological polar surface area (TPSA) is 84.9 Å². The third-order valence-corrected chi connectivity index (χ3v) is 4.47. The first kappa shape index (κ1) is 16.0. The lowest BCUT2D eigenvalue weighted by atomic mass is 10.2. The Hall–Kier alpha value is -2.41. The van der Waals surface area contributed by atoms with E-state index < -0.39 is 10.0 Å². The number of phenolic OH excluding ortho intramolecular Hbond substituents is 1. The molecule has 0 aliphatic carbocycles. The fourth-order valence-corrected chi connectivity index (χ4v) is 3.23. The molecule has 22 heavy (non-hydrogen) atoms. The summed E-state index contributed by atoms with van der Waals surface area (Å²) in [7, 11) is -1.02. The van der Waals surface area contributed by atoms with Crippen LogP contribution in [0.5, 0.6) is 17.2 Å². The van der Waals surface area contributed by atoms with Crippen molar-refractivity contribution in [2.24, 2.45) is 0 Å². The molecule has 0 aromatic heterocycles. The number of sulfonamides is 1. The van der Waals surface area contributed by atoms with Gasteiger partial charge < -0.3 is 14.6 Å². The van der Waals surface area contributed by atoms with Crippen LogP contribution in [0.4, 0.5) is 5.69 Å². The molecule has 0 fully saturated rings. The van der Waals surface area contributed by atoms with Gasteiger partial charge in [-0.15, -0.1) is 0 Å². The molecule has 0 spiro atoms. The molecule has 0 unspecified atom stereocenters. The molecule has 0 bridgehead atoms. The summed E-state index contributed by atoms with van der Waals surface area (Å²) in [6.45, 7) is 1.79. The van der Waals surface area contributed by atoms with Crippen molar-refractivity contribution in [3.8, 4) is 17.2 Å². The SMILES string of the molecule is COc1cc(S(=O)(=O)Nc2cccc(O)c2)c(OC)cc1C. The Morgan fingerprint density at radius 1 is 1.05 bits per heavy atom. The summed E-state index contributed by atoms with van der Waals surface area (Å²) in [5.74, 6) is 0.622. The van der Waals surface area contributed by atoms with Crippen molar-refractivity contribution in [3.05, 3.63) is 42.0 Å². The van der Waals surface area contributed by atoms with E-state index in [0.717, 1.165) is 5.56 Å². The number of benzene rings is 2. The predicted molar refractivity (Wildman–Crippen MR) is 83.2 cm³/mol. The van der Waals surface area contributed by atoms with Gasteiger partial charge in [-0.3, -0.25) is 4.72 Å². The quantitative estimate of drug-likeness (QED) is 0.883. The zero-order chi connectivity index (χ0) is 16.3. The molecule has 0 atom stereocenters. The lowest BCUT2D eigenvalue weighted by Crippen LogP contribution is -2.14. The van der Waals surface area contributed by atoms with Crippen LogP contribution in [-0.2, 0) is 10.0 Å². The van der Waals surface area contributed by atoms with Gasteiger partial charge >= 0.3 is 0 Å². The highest BCUT2D eigenvalue weighted by atomic mass is 32.2. The summed E-state index contributed by atoms with van der Waals surface area (Å²) >= 11 is 0. The number of aryl methyl sites for hydroxylation is 1. The minimum atomic E-state index is -3.89. The van der Waals surface area contributed by atoms with Crippen LogP contribution in [0, 0.1) is 6.92 Å². The number of methoxy groups -OCH3 is 2. The number of rotatable bonds is 5. The van der Waals surface area contributed by atoms with Crippen molar-refractivity contribution >= 4 is 15.7 Å². The second kappa shape index (κ2) is 6.15. The van der Waals surface area contributed by atoms with Crippen LogP contribution >= 0.6 is 0 Å². The van der Waals surface area contributed by atoms with Crippen molar-refractivity contribution in [3.63, 3.8) is 0 Å². The maximum Gasteiger partial charge on any atom is 0.265 e. The number of anilines is 1. The fourth-order valence-electron chi connectivity index (χ4n) is 2.01. The third kappa shape index (κ3) is 3.25. The van der Waals surface area contributed by atoms with Gasteiger partial charge in [-0.1, -0.05) is 6.07 Å². The molecule has 6 nitrogen and oxygen atoms in total. The molecule has 0 amide bonds. The maximum atomic E-state index is 12.5. The Morgan fingerprint density at radius 3 is 2.32 bits per heavy atom. The predicted octanol–water partition coefficient (Wildman–Crippen LogP) is 2.52. The van der Waals surface area contributed by atoms with E-state index in [0.29, 0.717) is 5.75 Å². The minimum absolute atomic E-state index is 0.0337. The Labute approximate surface area is 129 Å². The largest absolute Gasteiger partial charge is 0.508 e. The van der Waals surface area contributed by atoms with E-state index in [1.807, 2.05) is 0 Å². The maximum absolute atomic E-state index is 12.5. The standard InChI is InChI=1S/C15H17NO5S/c1-10-7-14(21-3)15(9-13(10)20-2)22(18,19)16-11-5-4-6-12(17)8-11/h4-9,16-17H,1-3H3. The number of ether oxygens (including phenoxy) is 2. The fraction of sp³-hybridized carbons (Fsp3) is 0.200. The Morgan fingerprint density at radius 2 is 1.73 bits per heavy atom. The van der Waals surface area contributed by atoms with E-state index in [4.69, 9.17) is 9.47 Å². The van der Waals surface area contributed by atoms with Crippen molar-refractivity contribution < 1.29 is 23.0 Å². The van der Waals surface area contributed by atoms with E-state index in [1.54, 1.807) is 19.1 Å². The van der Waals surface area contributed by atoms with Crippen LogP contribution in [0.2, 0.25) is 0 Å². The van der Waals surface area contributed by atoms with E-state index in [2.05, 4.69) is 4.72 Å². The van der Waals surface area contributed by atoms with Crippen molar-refractivity contribution in [1.29, 1.82) is 0 Å². The van der Waals surface area contributed by atoms with E-state index in [9.17, 15) is 13.5 Å². The van der Waals surface area contributed by atoms with Crippen LogP contribution in [0.25, 0.3) is 0 Å². The summed E-state index contributed by atoms with van der Waals surface area (Å²) in [6.07, 6.45) is 0. The molecule has 2 rings (SSSR count). The molecular formula is C15H17NO5S. The van der Waals surface area contributed by atoms with Crippen LogP contribution in [0.1, 0.15) is 5.56 Å². The molecule has 7 heteroatoms. The monoisotopic (exact) mass is 323 g/mol. The lowest BCUT2D eigenvalue weighted by Gasteiger charge is -2.14. The lowest BCUT2D eigenvalue weighted by molar-refractivity contribution is 0.390. The van der Waals surface area contributed by atoms with Gasteiger partial charge in [0.15, 0.2) is 0 Å². The van der Waals surface area contributed by atoms with Crippen molar-refractivity contribution in [1.82, 2.24) is 0 Å². The highest BCUT2D eigenvalue weighted by Crippen LogP contribution is 2.32. The van der Waals surface area contributed by atoms with Gasteiger partial charge in [0.05, 0.1) is 19.9 Å². The zero-order valence-corrected chi connectivity index (χ0v) is 13.3. The first-order valence-corrected chi connectivity index (χ1v) is 7.90. The molecule has 2 aromatic carbocycles. The van der Waals surface area contributed by atoms with Gasteiger partial charge in [0.1, 0.15) is 22.1 Å².